The van der Waals surface area contributed by atoms with Crippen LogP contribution in [-0.2, 0) is 4.79 Å². The van der Waals surface area contributed by atoms with Gasteiger partial charge in [0.2, 0.25) is 5.75 Å². The molecule has 0 radical (unpaired) electrons. The number of carbonyl (C=O) groups is 1. The second-order valence-corrected chi connectivity index (χ2v) is 4.69. The predicted molar refractivity (Wildman–Crippen MR) is 88.0 cm³/mol. The summed E-state index contributed by atoms with van der Waals surface area (Å²) in [5.74, 6) is 0.389. The molecule has 0 aliphatic rings. The molecule has 0 fully saturated rings. The maximum Gasteiger partial charge on any atom is 0.336 e. The Bertz CT molecular complexity index is 694. The molecule has 120 valence electrons. The molecule has 0 aliphatic carbocycles. The minimum absolute atomic E-state index is 0.180. The molecule has 0 heterocycles. The lowest BCUT2D eigenvalue weighted by atomic mass is 10.0. The topological polar surface area (TPSA) is 65.0 Å². The lowest BCUT2D eigenvalue weighted by Crippen LogP contribution is -2.00. The van der Waals surface area contributed by atoms with E-state index < -0.39 is 5.97 Å². The lowest BCUT2D eigenvalue weighted by molar-refractivity contribution is -0.130. The van der Waals surface area contributed by atoms with Crippen LogP contribution in [0.5, 0.6) is 17.2 Å². The molecule has 0 bridgehead atoms. The van der Waals surface area contributed by atoms with Crippen molar-refractivity contribution in [2.75, 3.05) is 21.3 Å². The Balaban J connectivity index is 2.57. The van der Waals surface area contributed by atoms with Crippen molar-refractivity contribution in [1.82, 2.24) is 0 Å². The van der Waals surface area contributed by atoms with Crippen LogP contribution in [0, 0.1) is 0 Å². The third kappa shape index (κ3) is 3.63. The zero-order valence-corrected chi connectivity index (χ0v) is 13.2. The molecule has 2 aromatic rings. The van der Waals surface area contributed by atoms with E-state index in [-0.39, 0.29) is 5.57 Å². The van der Waals surface area contributed by atoms with Crippen molar-refractivity contribution in [1.29, 1.82) is 0 Å². The largest absolute Gasteiger partial charge is 0.493 e. The van der Waals surface area contributed by atoms with Gasteiger partial charge in [-0.3, -0.25) is 0 Å². The molecule has 0 atom stereocenters. The van der Waals surface area contributed by atoms with Gasteiger partial charge in [-0.25, -0.2) is 4.79 Å². The van der Waals surface area contributed by atoms with Gasteiger partial charge in [-0.05, 0) is 29.3 Å². The maximum absolute atomic E-state index is 11.6. The highest BCUT2D eigenvalue weighted by atomic mass is 16.5. The number of methoxy groups -OCH3 is 3. The standard InChI is InChI=1S/C18H18O5/c1-21-15-10-12(11-16(22-2)17(15)23-3)9-14(18(19)20)13-7-5-4-6-8-13/h4-11H,1-3H3,(H,19,20)/b14-9+. The number of ether oxygens (including phenoxy) is 3. The van der Waals surface area contributed by atoms with Crippen molar-refractivity contribution in [2.24, 2.45) is 0 Å². The Hall–Kier alpha value is -2.95. The van der Waals surface area contributed by atoms with Crippen LogP contribution < -0.4 is 14.2 Å². The predicted octanol–water partition coefficient (Wildman–Crippen LogP) is 3.34. The van der Waals surface area contributed by atoms with E-state index in [0.717, 1.165) is 0 Å². The second-order valence-electron chi connectivity index (χ2n) is 4.69. The van der Waals surface area contributed by atoms with Gasteiger partial charge < -0.3 is 19.3 Å². The molecule has 0 amide bonds. The lowest BCUT2D eigenvalue weighted by Gasteiger charge is -2.13. The summed E-state index contributed by atoms with van der Waals surface area (Å²) in [6.07, 6.45) is 1.57. The van der Waals surface area contributed by atoms with Gasteiger partial charge in [0.1, 0.15) is 0 Å². The molecule has 2 rings (SSSR count). The summed E-state index contributed by atoms with van der Waals surface area (Å²) in [5.41, 5.74) is 1.44. The van der Waals surface area contributed by atoms with Crippen molar-refractivity contribution in [3.05, 3.63) is 53.6 Å². The van der Waals surface area contributed by atoms with E-state index in [0.29, 0.717) is 28.4 Å². The molecule has 0 aliphatic heterocycles. The molecule has 0 aromatic heterocycles. The van der Waals surface area contributed by atoms with Crippen molar-refractivity contribution in [3.8, 4) is 17.2 Å². The van der Waals surface area contributed by atoms with Crippen LogP contribution in [0.3, 0.4) is 0 Å². The van der Waals surface area contributed by atoms with E-state index >= 15 is 0 Å². The monoisotopic (exact) mass is 314 g/mol. The van der Waals surface area contributed by atoms with E-state index in [1.165, 1.54) is 21.3 Å². The van der Waals surface area contributed by atoms with Gasteiger partial charge in [0.15, 0.2) is 11.5 Å². The van der Waals surface area contributed by atoms with Gasteiger partial charge in [-0.2, -0.15) is 0 Å². The van der Waals surface area contributed by atoms with E-state index in [4.69, 9.17) is 14.2 Å². The van der Waals surface area contributed by atoms with Crippen LogP contribution in [0.4, 0.5) is 0 Å². The van der Waals surface area contributed by atoms with E-state index in [1.807, 2.05) is 6.07 Å². The number of rotatable bonds is 6. The van der Waals surface area contributed by atoms with E-state index in [2.05, 4.69) is 0 Å². The zero-order chi connectivity index (χ0) is 16.8. The van der Waals surface area contributed by atoms with Crippen molar-refractivity contribution in [3.63, 3.8) is 0 Å². The van der Waals surface area contributed by atoms with Gasteiger partial charge in [0.05, 0.1) is 26.9 Å². The SMILES string of the molecule is COc1cc(/C=C(/C(=O)O)c2ccccc2)cc(OC)c1OC. The van der Waals surface area contributed by atoms with Crippen LogP contribution in [0.2, 0.25) is 0 Å². The summed E-state index contributed by atoms with van der Waals surface area (Å²) in [6, 6.07) is 12.3. The minimum Gasteiger partial charge on any atom is -0.493 e. The van der Waals surface area contributed by atoms with Gasteiger partial charge >= 0.3 is 5.97 Å². The Morgan fingerprint density at radius 3 is 1.96 bits per heavy atom. The highest BCUT2D eigenvalue weighted by Gasteiger charge is 2.15. The Morgan fingerprint density at radius 2 is 1.52 bits per heavy atom. The molecule has 23 heavy (non-hydrogen) atoms. The van der Waals surface area contributed by atoms with Crippen LogP contribution in [-0.4, -0.2) is 32.4 Å². The summed E-state index contributed by atoms with van der Waals surface area (Å²) in [7, 11) is 4.54. The first kappa shape index (κ1) is 16.4. The third-order valence-electron chi connectivity index (χ3n) is 3.31. The zero-order valence-electron chi connectivity index (χ0n) is 13.2. The normalized spacial score (nSPS) is 11.0. The molecule has 0 saturated carbocycles. The van der Waals surface area contributed by atoms with Crippen molar-refractivity contribution in [2.45, 2.75) is 0 Å². The Morgan fingerprint density at radius 1 is 0.957 bits per heavy atom. The molecule has 2 aromatic carbocycles. The first-order chi connectivity index (χ1) is 11.1. The highest BCUT2D eigenvalue weighted by molar-refractivity contribution is 6.20. The number of aliphatic carboxylic acids is 1. The summed E-state index contributed by atoms with van der Waals surface area (Å²) in [4.78, 5) is 11.6. The van der Waals surface area contributed by atoms with Gasteiger partial charge in [0.25, 0.3) is 0 Å². The van der Waals surface area contributed by atoms with E-state index in [9.17, 15) is 9.90 Å². The van der Waals surface area contributed by atoms with Gasteiger partial charge in [0, 0.05) is 0 Å². The smallest absolute Gasteiger partial charge is 0.336 e. The molecule has 5 heteroatoms. The second kappa shape index (κ2) is 7.35. The number of carboxylic acid groups (broad SMARTS) is 1. The van der Waals surface area contributed by atoms with Gasteiger partial charge in [-0.15, -0.1) is 0 Å². The highest BCUT2D eigenvalue weighted by Crippen LogP contribution is 2.39. The van der Waals surface area contributed by atoms with Crippen LogP contribution >= 0.6 is 0 Å². The van der Waals surface area contributed by atoms with Crippen LogP contribution in [0.1, 0.15) is 11.1 Å². The summed E-state index contributed by atoms with van der Waals surface area (Å²) in [5, 5.41) is 9.49. The fourth-order valence-electron chi connectivity index (χ4n) is 2.24. The molecule has 0 unspecified atom stereocenters. The van der Waals surface area contributed by atoms with Gasteiger partial charge in [-0.1, -0.05) is 30.3 Å². The Labute approximate surface area is 134 Å². The molecule has 0 saturated heterocycles. The maximum atomic E-state index is 11.6. The molecule has 0 spiro atoms. The summed E-state index contributed by atoms with van der Waals surface area (Å²) >= 11 is 0. The third-order valence-corrected chi connectivity index (χ3v) is 3.31. The Kier molecular flexibility index (Phi) is 5.25. The quantitative estimate of drug-likeness (QED) is 0.654. The average Bonchev–Trinajstić information content (AvgIpc) is 2.59. The molecule has 1 N–H and O–H groups in total. The first-order valence-corrected chi connectivity index (χ1v) is 6.91. The number of hydrogen-bond acceptors (Lipinski definition) is 4. The van der Waals surface area contributed by atoms with E-state index in [1.54, 1.807) is 42.5 Å². The molecular weight excluding hydrogens is 296 g/mol. The fraction of sp³-hybridized carbons (Fsp3) is 0.167. The molecule has 5 nitrogen and oxygen atoms in total. The van der Waals surface area contributed by atoms with Crippen LogP contribution in [0.25, 0.3) is 11.6 Å². The molecular formula is C18H18O5. The number of benzene rings is 2. The number of carboxylic acids is 1. The summed E-state index contributed by atoms with van der Waals surface area (Å²) in [6.45, 7) is 0. The van der Waals surface area contributed by atoms with Crippen LogP contribution in [0.15, 0.2) is 42.5 Å². The fourth-order valence-corrected chi connectivity index (χ4v) is 2.24. The van der Waals surface area contributed by atoms with Crippen molar-refractivity contribution < 1.29 is 24.1 Å². The summed E-state index contributed by atoms with van der Waals surface area (Å²) < 4.78 is 15.8. The minimum atomic E-state index is -1.01. The van der Waals surface area contributed by atoms with Crippen molar-refractivity contribution >= 4 is 17.6 Å². The average molecular weight is 314 g/mol. The number of hydrogen-bond donors (Lipinski definition) is 1. The first-order valence-electron chi connectivity index (χ1n) is 6.91.